The summed E-state index contributed by atoms with van der Waals surface area (Å²) in [6.45, 7) is 3.05. The van der Waals surface area contributed by atoms with Crippen LogP contribution in [-0.2, 0) is 4.79 Å². The van der Waals surface area contributed by atoms with E-state index in [1.54, 1.807) is 11.8 Å². The van der Waals surface area contributed by atoms with Crippen LogP contribution in [0.15, 0.2) is 0 Å². The predicted molar refractivity (Wildman–Crippen MR) is 68.5 cm³/mol. The maximum absolute atomic E-state index is 11.6. The summed E-state index contributed by atoms with van der Waals surface area (Å²) in [5.41, 5.74) is 0. The Morgan fingerprint density at radius 1 is 1.50 bits per heavy atom. The summed E-state index contributed by atoms with van der Waals surface area (Å²) >= 11 is 1.80. The first-order valence-corrected chi connectivity index (χ1v) is 7.35. The molecule has 16 heavy (non-hydrogen) atoms. The molecule has 1 rings (SSSR count). The topological polar surface area (TPSA) is 49.3 Å². The Bertz CT molecular complexity index is 205. The van der Waals surface area contributed by atoms with Crippen LogP contribution in [0.3, 0.4) is 0 Å². The van der Waals surface area contributed by atoms with Crippen molar-refractivity contribution in [2.24, 2.45) is 11.8 Å². The van der Waals surface area contributed by atoms with Crippen molar-refractivity contribution in [3.8, 4) is 0 Å². The van der Waals surface area contributed by atoms with Crippen molar-refractivity contribution < 1.29 is 9.90 Å². The quantitative estimate of drug-likeness (QED) is 0.671. The van der Waals surface area contributed by atoms with Gasteiger partial charge in [0.1, 0.15) is 0 Å². The van der Waals surface area contributed by atoms with Crippen molar-refractivity contribution in [2.45, 2.75) is 32.6 Å². The van der Waals surface area contributed by atoms with E-state index in [1.165, 1.54) is 12.8 Å². The molecule has 1 unspecified atom stereocenters. The molecule has 3 nitrogen and oxygen atoms in total. The number of thioether (sulfide) groups is 1. The largest absolute Gasteiger partial charge is 0.396 e. The van der Waals surface area contributed by atoms with E-state index in [0.29, 0.717) is 5.92 Å². The molecular weight excluding hydrogens is 222 g/mol. The van der Waals surface area contributed by atoms with E-state index < -0.39 is 0 Å². The Labute approximate surface area is 102 Å². The maximum atomic E-state index is 11.6. The first-order valence-electron chi connectivity index (χ1n) is 6.20. The van der Waals surface area contributed by atoms with Crippen LogP contribution in [-0.4, -0.2) is 35.7 Å². The first kappa shape index (κ1) is 13.8. The highest BCUT2D eigenvalue weighted by atomic mass is 32.2. The van der Waals surface area contributed by atoms with Crippen LogP contribution in [0.1, 0.15) is 32.6 Å². The van der Waals surface area contributed by atoms with Crippen LogP contribution >= 0.6 is 11.8 Å². The third-order valence-corrected chi connectivity index (χ3v) is 4.28. The van der Waals surface area contributed by atoms with E-state index >= 15 is 0 Å². The Balaban J connectivity index is 1.96. The molecular formula is C12H23NO2S. The molecule has 1 atom stereocenters. The molecule has 0 aliphatic heterocycles. The first-order chi connectivity index (χ1) is 7.74. The Hall–Kier alpha value is -0.220. The van der Waals surface area contributed by atoms with Gasteiger partial charge in [-0.3, -0.25) is 4.79 Å². The smallest absolute Gasteiger partial charge is 0.223 e. The highest BCUT2D eigenvalue weighted by Gasteiger charge is 2.21. The Morgan fingerprint density at radius 3 is 2.81 bits per heavy atom. The van der Waals surface area contributed by atoms with Crippen molar-refractivity contribution in [1.82, 2.24) is 5.32 Å². The normalized spacial score (nSPS) is 18.6. The number of hydrogen-bond acceptors (Lipinski definition) is 3. The molecule has 1 saturated carbocycles. The van der Waals surface area contributed by atoms with Crippen LogP contribution in [0.5, 0.6) is 0 Å². The standard InChI is InChI=1S/C12H23NO2S/c1-10(8-14)9-16-7-6-13-12(15)11-4-2-3-5-11/h10-11,14H,2-9H2,1H3,(H,13,15). The molecule has 0 aromatic rings. The van der Waals surface area contributed by atoms with Gasteiger partial charge < -0.3 is 10.4 Å². The lowest BCUT2D eigenvalue weighted by molar-refractivity contribution is -0.124. The monoisotopic (exact) mass is 245 g/mol. The van der Waals surface area contributed by atoms with Crippen molar-refractivity contribution in [2.75, 3.05) is 24.7 Å². The van der Waals surface area contributed by atoms with Crippen LogP contribution in [0.2, 0.25) is 0 Å². The van der Waals surface area contributed by atoms with Gasteiger partial charge in [0.25, 0.3) is 0 Å². The summed E-state index contributed by atoms with van der Waals surface area (Å²) < 4.78 is 0. The Morgan fingerprint density at radius 2 is 2.19 bits per heavy atom. The van der Waals surface area contributed by atoms with E-state index in [-0.39, 0.29) is 18.4 Å². The molecule has 1 fully saturated rings. The predicted octanol–water partition coefficient (Wildman–Crippen LogP) is 1.65. The minimum Gasteiger partial charge on any atom is -0.396 e. The molecule has 4 heteroatoms. The summed E-state index contributed by atoms with van der Waals surface area (Å²) in [4.78, 5) is 11.6. The van der Waals surface area contributed by atoms with Gasteiger partial charge in [-0.05, 0) is 24.5 Å². The highest BCUT2D eigenvalue weighted by molar-refractivity contribution is 7.99. The fourth-order valence-corrected chi connectivity index (χ4v) is 2.84. The van der Waals surface area contributed by atoms with Crippen LogP contribution in [0, 0.1) is 11.8 Å². The number of nitrogens with one attached hydrogen (secondary N) is 1. The van der Waals surface area contributed by atoms with Gasteiger partial charge in [0.2, 0.25) is 5.91 Å². The lowest BCUT2D eigenvalue weighted by atomic mass is 10.1. The molecule has 0 radical (unpaired) electrons. The second-order valence-corrected chi connectivity index (χ2v) is 5.78. The van der Waals surface area contributed by atoms with E-state index in [4.69, 9.17) is 5.11 Å². The van der Waals surface area contributed by atoms with Gasteiger partial charge in [-0.2, -0.15) is 11.8 Å². The fourth-order valence-electron chi connectivity index (χ4n) is 1.92. The zero-order chi connectivity index (χ0) is 11.8. The number of carbonyl (C=O) groups excluding carboxylic acids is 1. The zero-order valence-corrected chi connectivity index (χ0v) is 10.9. The minimum absolute atomic E-state index is 0.244. The second kappa shape index (κ2) is 7.96. The summed E-state index contributed by atoms with van der Waals surface area (Å²) in [7, 11) is 0. The number of carbonyl (C=O) groups is 1. The zero-order valence-electron chi connectivity index (χ0n) is 10.1. The molecule has 1 amide bonds. The number of amides is 1. The average Bonchev–Trinajstić information content (AvgIpc) is 2.81. The number of hydrogen-bond donors (Lipinski definition) is 2. The molecule has 1 aliphatic carbocycles. The van der Waals surface area contributed by atoms with Crippen LogP contribution in [0.25, 0.3) is 0 Å². The maximum Gasteiger partial charge on any atom is 0.223 e. The summed E-state index contributed by atoms with van der Waals surface area (Å²) in [6, 6.07) is 0. The third-order valence-electron chi connectivity index (χ3n) is 2.99. The van der Waals surface area contributed by atoms with E-state index in [2.05, 4.69) is 5.32 Å². The number of rotatable bonds is 7. The molecule has 2 N–H and O–H groups in total. The van der Waals surface area contributed by atoms with Crippen molar-refractivity contribution in [3.63, 3.8) is 0 Å². The van der Waals surface area contributed by atoms with Gasteiger partial charge in [-0.25, -0.2) is 0 Å². The highest BCUT2D eigenvalue weighted by Crippen LogP contribution is 2.24. The van der Waals surface area contributed by atoms with Crippen molar-refractivity contribution in [3.05, 3.63) is 0 Å². The minimum atomic E-state index is 0.244. The fraction of sp³-hybridized carbons (Fsp3) is 0.917. The van der Waals surface area contributed by atoms with Gasteiger partial charge in [-0.1, -0.05) is 19.8 Å². The summed E-state index contributed by atoms with van der Waals surface area (Å²) in [5.74, 6) is 2.80. The average molecular weight is 245 g/mol. The van der Waals surface area contributed by atoms with Gasteiger partial charge in [-0.15, -0.1) is 0 Å². The SMILES string of the molecule is CC(CO)CSCCNC(=O)C1CCCC1. The van der Waals surface area contributed by atoms with Crippen LogP contribution in [0.4, 0.5) is 0 Å². The van der Waals surface area contributed by atoms with Gasteiger partial charge in [0.05, 0.1) is 0 Å². The molecule has 0 spiro atoms. The van der Waals surface area contributed by atoms with E-state index in [1.807, 2.05) is 6.92 Å². The second-order valence-electron chi connectivity index (χ2n) is 4.64. The van der Waals surface area contributed by atoms with Gasteiger partial charge >= 0.3 is 0 Å². The Kier molecular flexibility index (Phi) is 6.88. The number of aliphatic hydroxyl groups is 1. The molecule has 0 aromatic carbocycles. The lowest BCUT2D eigenvalue weighted by Crippen LogP contribution is -2.31. The van der Waals surface area contributed by atoms with Crippen molar-refractivity contribution >= 4 is 17.7 Å². The summed E-state index contributed by atoms with van der Waals surface area (Å²) in [5, 5.41) is 11.8. The van der Waals surface area contributed by atoms with Crippen molar-refractivity contribution in [1.29, 1.82) is 0 Å². The number of aliphatic hydroxyl groups excluding tert-OH is 1. The van der Waals surface area contributed by atoms with Gasteiger partial charge in [0.15, 0.2) is 0 Å². The third kappa shape index (κ3) is 5.21. The van der Waals surface area contributed by atoms with Gasteiger partial charge in [0, 0.05) is 24.8 Å². The molecule has 0 bridgehead atoms. The molecule has 1 aliphatic rings. The molecule has 0 heterocycles. The molecule has 94 valence electrons. The molecule has 0 aromatic heterocycles. The summed E-state index contributed by atoms with van der Waals surface area (Å²) in [6.07, 6.45) is 4.56. The van der Waals surface area contributed by atoms with E-state index in [9.17, 15) is 4.79 Å². The molecule has 0 saturated heterocycles. The van der Waals surface area contributed by atoms with Crippen LogP contribution < -0.4 is 5.32 Å². The van der Waals surface area contributed by atoms with E-state index in [0.717, 1.165) is 30.9 Å². The lowest BCUT2D eigenvalue weighted by Gasteiger charge is -2.11.